The topological polar surface area (TPSA) is 78.7 Å². The highest BCUT2D eigenvalue weighted by Gasteiger charge is 2.27. The third-order valence-corrected chi connectivity index (χ3v) is 6.63. The quantitative estimate of drug-likeness (QED) is 0.775. The van der Waals surface area contributed by atoms with Gasteiger partial charge >= 0.3 is 0 Å². The summed E-state index contributed by atoms with van der Waals surface area (Å²) in [5, 5.41) is 7.25. The largest absolute Gasteiger partial charge is 0.360 e. The second kappa shape index (κ2) is 10.8. The van der Waals surface area contributed by atoms with E-state index in [1.807, 2.05) is 35.2 Å². The summed E-state index contributed by atoms with van der Waals surface area (Å²) in [7, 11) is 0. The minimum Gasteiger partial charge on any atom is -0.360 e. The Balaban J connectivity index is 1.49. The number of rotatable bonds is 2. The molecule has 3 heterocycles. The Morgan fingerprint density at radius 2 is 1.75 bits per heavy atom. The maximum Gasteiger partial charge on any atom is 0.259 e. The monoisotopic (exact) mass is 438 g/mol. The van der Waals surface area contributed by atoms with Crippen molar-refractivity contribution in [3.8, 4) is 11.3 Å². The lowest BCUT2D eigenvalue weighted by Crippen LogP contribution is -2.43. The van der Waals surface area contributed by atoms with Crippen LogP contribution in [0, 0.1) is 6.92 Å². The molecule has 2 aliphatic heterocycles. The molecule has 0 bridgehead atoms. The second-order valence-electron chi connectivity index (χ2n) is 8.92. The number of aryl methyl sites for hydroxylation is 1. The van der Waals surface area contributed by atoms with Crippen LogP contribution in [0.25, 0.3) is 11.3 Å². The van der Waals surface area contributed by atoms with Crippen LogP contribution in [-0.4, -0.2) is 65.5 Å². The van der Waals surface area contributed by atoms with Crippen molar-refractivity contribution in [2.24, 2.45) is 0 Å². The molecule has 0 radical (unpaired) electrons. The van der Waals surface area contributed by atoms with E-state index in [9.17, 15) is 9.59 Å². The number of hydrogen-bond donors (Lipinski definition) is 1. The predicted octanol–water partition coefficient (Wildman–Crippen LogP) is 3.64. The first-order valence-corrected chi connectivity index (χ1v) is 11.9. The van der Waals surface area contributed by atoms with Gasteiger partial charge in [-0.15, -0.1) is 0 Å². The molecule has 7 heteroatoms. The van der Waals surface area contributed by atoms with E-state index in [4.69, 9.17) is 4.52 Å². The average Bonchev–Trinajstić information content (AvgIpc) is 3.20. The first-order valence-electron chi connectivity index (χ1n) is 11.9. The molecule has 0 spiro atoms. The van der Waals surface area contributed by atoms with Gasteiger partial charge in [0, 0.05) is 37.7 Å². The van der Waals surface area contributed by atoms with Crippen LogP contribution in [0.4, 0.5) is 0 Å². The number of hydrogen-bond acceptors (Lipinski definition) is 5. The first-order chi connectivity index (χ1) is 15.6. The fourth-order valence-corrected chi connectivity index (χ4v) is 4.88. The van der Waals surface area contributed by atoms with Crippen molar-refractivity contribution in [3.63, 3.8) is 0 Å². The van der Waals surface area contributed by atoms with Gasteiger partial charge in [0.25, 0.3) is 5.91 Å². The highest BCUT2D eigenvalue weighted by molar-refractivity contribution is 6.00. The van der Waals surface area contributed by atoms with E-state index in [-0.39, 0.29) is 11.8 Å². The predicted molar refractivity (Wildman–Crippen MR) is 123 cm³/mol. The van der Waals surface area contributed by atoms with Crippen molar-refractivity contribution in [1.29, 1.82) is 0 Å². The van der Waals surface area contributed by atoms with Crippen LogP contribution >= 0.6 is 0 Å². The smallest absolute Gasteiger partial charge is 0.259 e. The van der Waals surface area contributed by atoms with Crippen molar-refractivity contribution < 1.29 is 14.1 Å². The number of piperidine rings is 1. The van der Waals surface area contributed by atoms with Gasteiger partial charge in [-0.2, -0.15) is 0 Å². The van der Waals surface area contributed by atoms with Crippen LogP contribution < -0.4 is 5.32 Å². The zero-order chi connectivity index (χ0) is 22.3. The molecule has 0 aliphatic carbocycles. The van der Waals surface area contributed by atoms with Crippen LogP contribution in [0.2, 0.25) is 0 Å². The zero-order valence-corrected chi connectivity index (χ0v) is 19.0. The van der Waals surface area contributed by atoms with Crippen LogP contribution in [0.1, 0.15) is 61.1 Å². The number of aromatic nitrogens is 1. The highest BCUT2D eigenvalue weighted by Crippen LogP contribution is 2.27. The average molecular weight is 439 g/mol. The number of nitrogens with one attached hydrogen (secondary N) is 1. The van der Waals surface area contributed by atoms with Crippen molar-refractivity contribution in [1.82, 2.24) is 20.3 Å². The van der Waals surface area contributed by atoms with Gasteiger partial charge in [-0.1, -0.05) is 41.9 Å². The SMILES string of the molecule is Cc1onc(-c2ccccc2)c1C(=O)N1CCCCN2CCCCC2CC(=O)NCCC1. The van der Waals surface area contributed by atoms with Crippen molar-refractivity contribution in [2.45, 2.75) is 57.9 Å². The summed E-state index contributed by atoms with van der Waals surface area (Å²) >= 11 is 0. The third kappa shape index (κ3) is 5.38. The minimum absolute atomic E-state index is 0.0420. The summed E-state index contributed by atoms with van der Waals surface area (Å²) < 4.78 is 5.43. The summed E-state index contributed by atoms with van der Waals surface area (Å²) in [4.78, 5) is 30.4. The minimum atomic E-state index is -0.0420. The molecule has 2 aliphatic rings. The van der Waals surface area contributed by atoms with Gasteiger partial charge in [-0.3, -0.25) is 14.5 Å². The van der Waals surface area contributed by atoms with Gasteiger partial charge in [0.15, 0.2) is 0 Å². The van der Waals surface area contributed by atoms with E-state index in [0.717, 1.165) is 44.3 Å². The van der Waals surface area contributed by atoms with E-state index >= 15 is 0 Å². The molecule has 1 N–H and O–H groups in total. The molecule has 1 aromatic carbocycles. The number of nitrogens with zero attached hydrogens (tertiary/aromatic N) is 3. The molecule has 7 nitrogen and oxygen atoms in total. The maximum atomic E-state index is 13.6. The van der Waals surface area contributed by atoms with Gasteiger partial charge in [0.2, 0.25) is 5.91 Å². The molecule has 2 saturated heterocycles. The van der Waals surface area contributed by atoms with Crippen molar-refractivity contribution in [2.75, 3.05) is 32.7 Å². The molecule has 2 fully saturated rings. The summed E-state index contributed by atoms with van der Waals surface area (Å²) in [5.74, 6) is 0.626. The molecule has 2 aromatic rings. The van der Waals surface area contributed by atoms with Gasteiger partial charge in [-0.25, -0.2) is 0 Å². The van der Waals surface area contributed by atoms with Crippen molar-refractivity contribution in [3.05, 3.63) is 41.7 Å². The molecule has 0 saturated carbocycles. The molecule has 1 unspecified atom stereocenters. The van der Waals surface area contributed by atoms with E-state index in [1.54, 1.807) is 6.92 Å². The molecular weight excluding hydrogens is 404 g/mol. The summed E-state index contributed by atoms with van der Waals surface area (Å²) in [6.07, 6.45) is 6.81. The van der Waals surface area contributed by atoms with Crippen LogP contribution in [0.5, 0.6) is 0 Å². The Bertz CT molecular complexity index is 911. The third-order valence-electron chi connectivity index (χ3n) is 6.63. The van der Waals surface area contributed by atoms with Gasteiger partial charge < -0.3 is 14.7 Å². The first kappa shape index (κ1) is 22.5. The van der Waals surface area contributed by atoms with Crippen LogP contribution in [0.3, 0.4) is 0 Å². The molecule has 172 valence electrons. The number of carbonyl (C=O) groups excluding carboxylic acids is 2. The summed E-state index contributed by atoms with van der Waals surface area (Å²) in [5.41, 5.74) is 2.02. The number of amides is 2. The number of carbonyl (C=O) groups is 2. The molecule has 2 amide bonds. The lowest BCUT2D eigenvalue weighted by molar-refractivity contribution is -0.122. The Morgan fingerprint density at radius 3 is 2.56 bits per heavy atom. The second-order valence-corrected chi connectivity index (χ2v) is 8.92. The molecule has 1 atom stereocenters. The van der Waals surface area contributed by atoms with E-state index in [1.165, 1.54) is 12.8 Å². The lowest BCUT2D eigenvalue weighted by Gasteiger charge is -2.35. The fraction of sp³-hybridized carbons (Fsp3) is 0.560. The van der Waals surface area contributed by atoms with Gasteiger partial charge in [0.05, 0.1) is 0 Å². The maximum absolute atomic E-state index is 13.6. The van der Waals surface area contributed by atoms with Crippen LogP contribution in [-0.2, 0) is 4.79 Å². The number of benzene rings is 1. The zero-order valence-electron chi connectivity index (χ0n) is 19.0. The van der Waals surface area contributed by atoms with Crippen LogP contribution in [0.15, 0.2) is 34.9 Å². The standard InChI is InChI=1S/C25H34N4O3/c1-19-23(24(27-32-19)20-10-3-2-4-11-20)25(31)29-16-8-7-15-28-14-6-5-12-21(28)18-22(30)26-13-9-17-29/h2-4,10-11,21H,5-9,12-18H2,1H3,(H,26,30). The Hall–Kier alpha value is -2.67. The van der Waals surface area contributed by atoms with E-state index in [0.29, 0.717) is 49.1 Å². The van der Waals surface area contributed by atoms with E-state index in [2.05, 4.69) is 15.4 Å². The fourth-order valence-electron chi connectivity index (χ4n) is 4.88. The Kier molecular flexibility index (Phi) is 7.58. The molecule has 1 aromatic heterocycles. The summed E-state index contributed by atoms with van der Waals surface area (Å²) in [6.45, 7) is 5.74. The van der Waals surface area contributed by atoms with Gasteiger partial charge in [-0.05, 0) is 52.1 Å². The molecule has 32 heavy (non-hydrogen) atoms. The molecule has 4 rings (SSSR count). The summed E-state index contributed by atoms with van der Waals surface area (Å²) in [6, 6.07) is 10.1. The Labute approximate surface area is 190 Å². The van der Waals surface area contributed by atoms with E-state index < -0.39 is 0 Å². The molecular formula is C25H34N4O3. The Morgan fingerprint density at radius 1 is 1.03 bits per heavy atom. The lowest BCUT2D eigenvalue weighted by atomic mass is 9.98. The normalized spacial score (nSPS) is 21.6. The highest BCUT2D eigenvalue weighted by atomic mass is 16.5. The van der Waals surface area contributed by atoms with Crippen molar-refractivity contribution >= 4 is 11.8 Å². The van der Waals surface area contributed by atoms with Gasteiger partial charge in [0.1, 0.15) is 17.0 Å². The number of fused-ring (bicyclic) bond motifs is 1.